The van der Waals surface area contributed by atoms with Gasteiger partial charge in [-0.25, -0.2) is 9.69 Å². The minimum absolute atomic E-state index is 0.0701. The van der Waals surface area contributed by atoms with E-state index < -0.39 is 6.09 Å². The zero-order valence-corrected chi connectivity index (χ0v) is 14.6. The molecule has 0 bridgehead atoms. The predicted octanol–water partition coefficient (Wildman–Crippen LogP) is 2.76. The van der Waals surface area contributed by atoms with E-state index >= 15 is 0 Å². The molecule has 0 saturated carbocycles. The number of imide groups is 1. The van der Waals surface area contributed by atoms with Gasteiger partial charge in [0.1, 0.15) is 6.61 Å². The van der Waals surface area contributed by atoms with Crippen LogP contribution in [0, 0.1) is 17.8 Å². The van der Waals surface area contributed by atoms with Gasteiger partial charge in [-0.2, -0.15) is 0 Å². The predicted molar refractivity (Wildman–Crippen MR) is 91.2 cm³/mol. The number of hydrogen-bond acceptors (Lipinski definition) is 4. The molecule has 0 aliphatic carbocycles. The Morgan fingerprint density at radius 3 is 2.62 bits per heavy atom. The maximum atomic E-state index is 13.0. The van der Waals surface area contributed by atoms with Crippen LogP contribution in [0.5, 0.6) is 0 Å². The van der Waals surface area contributed by atoms with E-state index in [1.54, 1.807) is 0 Å². The van der Waals surface area contributed by atoms with Gasteiger partial charge < -0.3 is 4.74 Å². The highest BCUT2D eigenvalue weighted by Gasteiger charge is 2.45. The summed E-state index contributed by atoms with van der Waals surface area (Å²) in [6.07, 6.45) is -0.479. The second-order valence-corrected chi connectivity index (χ2v) is 7.36. The van der Waals surface area contributed by atoms with Crippen LogP contribution in [0.1, 0.15) is 26.3 Å². The Kier molecular flexibility index (Phi) is 4.90. The SMILES string of the molecule is CC(C)[C@@H]1COC(=O)N1C(=O)[C@H]1CN(Cc2ccccc2)C[C@H]1C. The van der Waals surface area contributed by atoms with Crippen molar-refractivity contribution in [1.82, 2.24) is 9.80 Å². The maximum absolute atomic E-state index is 13.0. The molecule has 2 aliphatic heterocycles. The van der Waals surface area contributed by atoms with Gasteiger partial charge in [-0.05, 0) is 17.4 Å². The molecule has 24 heavy (non-hydrogen) atoms. The van der Waals surface area contributed by atoms with Gasteiger partial charge in [0.15, 0.2) is 0 Å². The Hall–Kier alpha value is -1.88. The van der Waals surface area contributed by atoms with E-state index in [1.807, 2.05) is 32.0 Å². The number of nitrogens with zero attached hydrogens (tertiary/aromatic N) is 2. The van der Waals surface area contributed by atoms with E-state index in [-0.39, 0.29) is 29.7 Å². The second kappa shape index (κ2) is 6.93. The van der Waals surface area contributed by atoms with Crippen LogP contribution in [0.2, 0.25) is 0 Å². The standard InChI is InChI=1S/C19H26N2O3/c1-13(2)17-12-24-19(23)21(17)18(22)16-11-20(9-14(16)3)10-15-7-5-4-6-8-15/h4-8,13-14,16-17H,9-12H2,1-3H3/t14-,16+,17+/m1/s1. The molecule has 0 spiro atoms. The van der Waals surface area contributed by atoms with E-state index in [9.17, 15) is 9.59 Å². The highest BCUT2D eigenvalue weighted by Crippen LogP contribution is 2.30. The molecule has 130 valence electrons. The number of carbonyl (C=O) groups is 2. The molecule has 5 heteroatoms. The fourth-order valence-corrected chi connectivity index (χ4v) is 3.72. The summed E-state index contributed by atoms with van der Waals surface area (Å²) < 4.78 is 5.13. The smallest absolute Gasteiger partial charge is 0.416 e. The maximum Gasteiger partial charge on any atom is 0.416 e. The van der Waals surface area contributed by atoms with Gasteiger partial charge >= 0.3 is 6.09 Å². The van der Waals surface area contributed by atoms with Crippen molar-refractivity contribution in [3.05, 3.63) is 35.9 Å². The number of likely N-dealkylation sites (tertiary alicyclic amines) is 1. The molecule has 3 rings (SSSR count). The van der Waals surface area contributed by atoms with Crippen LogP contribution in [0.4, 0.5) is 4.79 Å². The second-order valence-electron chi connectivity index (χ2n) is 7.36. The van der Waals surface area contributed by atoms with Crippen LogP contribution in [0.15, 0.2) is 30.3 Å². The average Bonchev–Trinajstić information content (AvgIpc) is 3.11. The molecule has 2 heterocycles. The van der Waals surface area contributed by atoms with Crippen molar-refractivity contribution in [1.29, 1.82) is 0 Å². The Morgan fingerprint density at radius 2 is 1.96 bits per heavy atom. The fourth-order valence-electron chi connectivity index (χ4n) is 3.72. The minimum atomic E-state index is -0.479. The molecule has 2 amide bonds. The third kappa shape index (κ3) is 3.31. The Morgan fingerprint density at radius 1 is 1.25 bits per heavy atom. The molecule has 5 nitrogen and oxygen atoms in total. The molecule has 3 atom stereocenters. The van der Waals surface area contributed by atoms with E-state index in [0.29, 0.717) is 13.2 Å². The number of carbonyl (C=O) groups excluding carboxylic acids is 2. The molecule has 2 aliphatic rings. The molecular formula is C19H26N2O3. The van der Waals surface area contributed by atoms with E-state index in [4.69, 9.17) is 4.74 Å². The Balaban J connectivity index is 1.68. The number of amides is 2. The number of benzene rings is 1. The zero-order valence-electron chi connectivity index (χ0n) is 14.6. The first-order valence-electron chi connectivity index (χ1n) is 8.73. The lowest BCUT2D eigenvalue weighted by molar-refractivity contribution is -0.134. The van der Waals surface area contributed by atoms with Crippen LogP contribution in [-0.4, -0.2) is 47.5 Å². The summed E-state index contributed by atoms with van der Waals surface area (Å²) in [4.78, 5) is 28.7. The summed E-state index contributed by atoms with van der Waals surface area (Å²) in [6.45, 7) is 8.87. The summed E-state index contributed by atoms with van der Waals surface area (Å²) in [5, 5.41) is 0. The quantitative estimate of drug-likeness (QED) is 0.852. The molecule has 1 aromatic rings. The largest absolute Gasteiger partial charge is 0.447 e. The van der Waals surface area contributed by atoms with Gasteiger partial charge in [-0.15, -0.1) is 0 Å². The van der Waals surface area contributed by atoms with Gasteiger partial charge in [-0.1, -0.05) is 51.1 Å². The van der Waals surface area contributed by atoms with E-state index in [1.165, 1.54) is 10.5 Å². The van der Waals surface area contributed by atoms with Crippen LogP contribution < -0.4 is 0 Å². The summed E-state index contributed by atoms with van der Waals surface area (Å²) in [6, 6.07) is 10.1. The van der Waals surface area contributed by atoms with Gasteiger partial charge in [-0.3, -0.25) is 9.69 Å². The molecule has 0 aromatic heterocycles. The van der Waals surface area contributed by atoms with Crippen LogP contribution >= 0.6 is 0 Å². The van der Waals surface area contributed by atoms with Crippen molar-refractivity contribution in [2.45, 2.75) is 33.4 Å². The first-order chi connectivity index (χ1) is 11.5. The first-order valence-corrected chi connectivity index (χ1v) is 8.73. The molecule has 0 radical (unpaired) electrons. The van der Waals surface area contributed by atoms with Crippen molar-refractivity contribution in [2.24, 2.45) is 17.8 Å². The lowest BCUT2D eigenvalue weighted by atomic mass is 9.95. The lowest BCUT2D eigenvalue weighted by Gasteiger charge is -2.26. The summed E-state index contributed by atoms with van der Waals surface area (Å²) in [7, 11) is 0. The van der Waals surface area contributed by atoms with E-state index in [0.717, 1.165) is 13.1 Å². The van der Waals surface area contributed by atoms with Crippen molar-refractivity contribution >= 4 is 12.0 Å². The molecular weight excluding hydrogens is 304 g/mol. The average molecular weight is 330 g/mol. The third-order valence-corrected chi connectivity index (χ3v) is 5.17. The normalized spacial score (nSPS) is 27.8. The first kappa shape index (κ1) is 17.0. The molecule has 2 fully saturated rings. The van der Waals surface area contributed by atoms with E-state index in [2.05, 4.69) is 24.0 Å². The molecule has 1 aromatic carbocycles. The molecule has 0 unspecified atom stereocenters. The number of hydrogen-bond donors (Lipinski definition) is 0. The fraction of sp³-hybridized carbons (Fsp3) is 0.579. The topological polar surface area (TPSA) is 49.9 Å². The van der Waals surface area contributed by atoms with Crippen LogP contribution in [-0.2, 0) is 16.1 Å². The number of rotatable bonds is 4. The number of ether oxygens (including phenoxy) is 1. The minimum Gasteiger partial charge on any atom is -0.447 e. The summed E-state index contributed by atoms with van der Waals surface area (Å²) in [5.74, 6) is 0.236. The summed E-state index contributed by atoms with van der Waals surface area (Å²) >= 11 is 0. The van der Waals surface area contributed by atoms with Crippen molar-refractivity contribution in [3.63, 3.8) is 0 Å². The lowest BCUT2D eigenvalue weighted by Crippen LogP contribution is -2.46. The number of cyclic esters (lactones) is 1. The molecule has 0 N–H and O–H groups in total. The highest BCUT2D eigenvalue weighted by molar-refractivity contribution is 5.95. The summed E-state index contributed by atoms with van der Waals surface area (Å²) in [5.41, 5.74) is 1.25. The highest BCUT2D eigenvalue weighted by atomic mass is 16.6. The van der Waals surface area contributed by atoms with Crippen LogP contribution in [0.3, 0.4) is 0 Å². The van der Waals surface area contributed by atoms with Gasteiger partial charge in [0.25, 0.3) is 0 Å². The third-order valence-electron chi connectivity index (χ3n) is 5.17. The van der Waals surface area contributed by atoms with Crippen molar-refractivity contribution in [3.8, 4) is 0 Å². The van der Waals surface area contributed by atoms with Crippen molar-refractivity contribution in [2.75, 3.05) is 19.7 Å². The van der Waals surface area contributed by atoms with Gasteiger partial charge in [0.05, 0.1) is 12.0 Å². The van der Waals surface area contributed by atoms with Crippen LogP contribution in [0.25, 0.3) is 0 Å². The Bertz CT molecular complexity index is 602. The van der Waals surface area contributed by atoms with Crippen molar-refractivity contribution < 1.29 is 14.3 Å². The monoisotopic (exact) mass is 330 g/mol. The van der Waals surface area contributed by atoms with Gasteiger partial charge in [0.2, 0.25) is 5.91 Å². The Labute approximate surface area is 143 Å². The molecule has 2 saturated heterocycles. The van der Waals surface area contributed by atoms with Gasteiger partial charge in [0, 0.05) is 19.6 Å². The zero-order chi connectivity index (χ0) is 17.3.